The van der Waals surface area contributed by atoms with Crippen molar-refractivity contribution in [3.05, 3.63) is 64.2 Å². The van der Waals surface area contributed by atoms with Crippen LogP contribution < -0.4 is 4.74 Å². The van der Waals surface area contributed by atoms with E-state index in [4.69, 9.17) is 16.3 Å². The van der Waals surface area contributed by atoms with Crippen molar-refractivity contribution < 1.29 is 19.4 Å². The van der Waals surface area contributed by atoms with Gasteiger partial charge in [0.05, 0.1) is 6.61 Å². The molecule has 0 bridgehead atoms. The van der Waals surface area contributed by atoms with Crippen LogP contribution in [-0.4, -0.2) is 23.5 Å². The number of aliphatic carboxylic acids is 1. The first kappa shape index (κ1) is 22.0. The third-order valence-corrected chi connectivity index (χ3v) is 4.58. The predicted octanol–water partition coefficient (Wildman–Crippen LogP) is 5.45. The number of benzene rings is 2. The van der Waals surface area contributed by atoms with Gasteiger partial charge in [0.15, 0.2) is 5.78 Å². The first-order chi connectivity index (χ1) is 13.1. The minimum atomic E-state index is -1.18. The van der Waals surface area contributed by atoms with E-state index in [-0.39, 0.29) is 11.8 Å². The van der Waals surface area contributed by atoms with Gasteiger partial charge in [-0.1, -0.05) is 57.5 Å². The molecule has 0 saturated carbocycles. The van der Waals surface area contributed by atoms with Gasteiger partial charge in [0.25, 0.3) is 0 Å². The van der Waals surface area contributed by atoms with E-state index in [0.717, 1.165) is 11.1 Å². The smallest absolute Gasteiger partial charge is 0.314 e. The van der Waals surface area contributed by atoms with E-state index in [1.54, 1.807) is 24.3 Å². The molecule has 4 nitrogen and oxygen atoms in total. The maximum atomic E-state index is 13.0. The van der Waals surface area contributed by atoms with Crippen molar-refractivity contribution in [3.8, 4) is 5.75 Å². The average Bonchev–Trinajstić information content (AvgIpc) is 2.63. The van der Waals surface area contributed by atoms with Gasteiger partial charge in [0, 0.05) is 10.6 Å². The molecule has 1 atom stereocenters. The lowest BCUT2D eigenvalue weighted by Gasteiger charge is -2.19. The van der Waals surface area contributed by atoms with E-state index in [1.807, 2.05) is 25.1 Å². The molecule has 28 heavy (non-hydrogen) atoms. The molecule has 2 rings (SSSR count). The van der Waals surface area contributed by atoms with Gasteiger partial charge in [-0.2, -0.15) is 0 Å². The van der Waals surface area contributed by atoms with Gasteiger partial charge in [0.2, 0.25) is 0 Å². The number of carboxylic acid groups (broad SMARTS) is 1. The first-order valence-corrected chi connectivity index (χ1v) is 9.75. The van der Waals surface area contributed by atoms with Gasteiger partial charge in [-0.3, -0.25) is 9.59 Å². The van der Waals surface area contributed by atoms with Crippen molar-refractivity contribution in [2.45, 2.75) is 40.5 Å². The number of Topliss-reactive ketones (excluding diaryl/α,β-unsaturated/α-hetero) is 1. The monoisotopic (exact) mass is 402 g/mol. The SMILES string of the molecule is CCc1ccc(Cl)cc1C(=O)C(Cc1cccc(OCC(C)(C)C)c1)C(=O)O. The fraction of sp³-hybridized carbons (Fsp3) is 0.391. The van der Waals surface area contributed by atoms with E-state index >= 15 is 0 Å². The molecule has 5 heteroatoms. The normalized spacial score (nSPS) is 12.5. The second-order valence-electron chi connectivity index (χ2n) is 8.11. The zero-order valence-corrected chi connectivity index (χ0v) is 17.5. The Bertz CT molecular complexity index is 852. The Morgan fingerprint density at radius 2 is 1.86 bits per heavy atom. The van der Waals surface area contributed by atoms with E-state index in [1.165, 1.54) is 0 Å². The summed E-state index contributed by atoms with van der Waals surface area (Å²) in [4.78, 5) is 24.9. The van der Waals surface area contributed by atoms with E-state index in [0.29, 0.717) is 29.4 Å². The van der Waals surface area contributed by atoms with Crippen molar-refractivity contribution in [2.24, 2.45) is 11.3 Å². The highest BCUT2D eigenvalue weighted by molar-refractivity contribution is 6.31. The molecule has 0 amide bonds. The highest BCUT2D eigenvalue weighted by Crippen LogP contribution is 2.24. The Hall–Kier alpha value is -2.33. The zero-order chi connectivity index (χ0) is 20.9. The number of aryl methyl sites for hydroxylation is 1. The van der Waals surface area contributed by atoms with Crippen molar-refractivity contribution in [1.82, 2.24) is 0 Å². The molecule has 0 aliphatic heterocycles. The average molecular weight is 403 g/mol. The van der Waals surface area contributed by atoms with E-state index < -0.39 is 17.7 Å². The van der Waals surface area contributed by atoms with Gasteiger partial charge in [0.1, 0.15) is 11.7 Å². The van der Waals surface area contributed by atoms with Gasteiger partial charge in [-0.25, -0.2) is 0 Å². The fourth-order valence-corrected chi connectivity index (χ4v) is 3.04. The summed E-state index contributed by atoms with van der Waals surface area (Å²) >= 11 is 6.04. The number of carbonyl (C=O) groups is 2. The van der Waals surface area contributed by atoms with Crippen LogP contribution in [0.4, 0.5) is 0 Å². The number of ether oxygens (including phenoxy) is 1. The first-order valence-electron chi connectivity index (χ1n) is 9.38. The number of ketones is 1. The van der Waals surface area contributed by atoms with Gasteiger partial charge < -0.3 is 9.84 Å². The highest BCUT2D eigenvalue weighted by atomic mass is 35.5. The highest BCUT2D eigenvalue weighted by Gasteiger charge is 2.29. The number of hydrogen-bond donors (Lipinski definition) is 1. The number of hydrogen-bond acceptors (Lipinski definition) is 3. The number of rotatable bonds is 8. The van der Waals surface area contributed by atoms with Crippen LogP contribution in [0.1, 0.15) is 49.2 Å². The Balaban J connectivity index is 2.25. The van der Waals surface area contributed by atoms with E-state index in [2.05, 4.69) is 20.8 Å². The second kappa shape index (κ2) is 9.24. The van der Waals surface area contributed by atoms with Gasteiger partial charge >= 0.3 is 5.97 Å². The zero-order valence-electron chi connectivity index (χ0n) is 16.8. The molecule has 0 fully saturated rings. The molecule has 2 aromatic carbocycles. The van der Waals surface area contributed by atoms with Crippen molar-refractivity contribution >= 4 is 23.4 Å². The number of halogens is 1. The summed E-state index contributed by atoms with van der Waals surface area (Å²) in [7, 11) is 0. The molecule has 2 aromatic rings. The molecule has 0 radical (unpaired) electrons. The number of carboxylic acids is 1. The lowest BCUT2D eigenvalue weighted by molar-refractivity contribution is -0.139. The van der Waals surface area contributed by atoms with E-state index in [9.17, 15) is 14.7 Å². The second-order valence-corrected chi connectivity index (χ2v) is 8.55. The topological polar surface area (TPSA) is 63.6 Å². The standard InChI is InChI=1S/C23H27ClO4/c1-5-16-9-10-17(24)13-19(16)21(25)20(22(26)27)12-15-7-6-8-18(11-15)28-14-23(2,3)4/h6-11,13,20H,5,12,14H2,1-4H3,(H,26,27). The Labute approximate surface area is 171 Å². The molecule has 1 unspecified atom stereocenters. The molecule has 0 spiro atoms. The summed E-state index contributed by atoms with van der Waals surface area (Å²) < 4.78 is 5.80. The van der Waals surface area contributed by atoms with Gasteiger partial charge in [-0.15, -0.1) is 0 Å². The molecule has 1 N–H and O–H groups in total. The maximum Gasteiger partial charge on any atom is 0.314 e. The van der Waals surface area contributed by atoms with Crippen LogP contribution >= 0.6 is 11.6 Å². The van der Waals surface area contributed by atoms with Crippen molar-refractivity contribution in [3.63, 3.8) is 0 Å². The lowest BCUT2D eigenvalue weighted by atomic mass is 9.88. The Morgan fingerprint density at radius 1 is 1.14 bits per heavy atom. The predicted molar refractivity (Wildman–Crippen MR) is 111 cm³/mol. The van der Waals surface area contributed by atoms with Gasteiger partial charge in [-0.05, 0) is 53.6 Å². The van der Waals surface area contributed by atoms with Crippen LogP contribution in [0.5, 0.6) is 5.75 Å². The minimum absolute atomic E-state index is 0.0126. The molecule has 0 aliphatic rings. The molecule has 0 aliphatic carbocycles. The summed E-state index contributed by atoms with van der Waals surface area (Å²) in [5, 5.41) is 10.1. The summed E-state index contributed by atoms with van der Waals surface area (Å²) in [6, 6.07) is 12.3. The lowest BCUT2D eigenvalue weighted by Crippen LogP contribution is -2.27. The largest absolute Gasteiger partial charge is 0.493 e. The summed E-state index contributed by atoms with van der Waals surface area (Å²) in [5.74, 6) is -2.08. The molecule has 150 valence electrons. The maximum absolute atomic E-state index is 13.0. The molecular weight excluding hydrogens is 376 g/mol. The van der Waals surface area contributed by atoms with Crippen LogP contribution in [0.3, 0.4) is 0 Å². The third-order valence-electron chi connectivity index (χ3n) is 4.34. The molecule has 0 heterocycles. The Kier molecular flexibility index (Phi) is 7.25. The fourth-order valence-electron chi connectivity index (χ4n) is 2.86. The summed E-state index contributed by atoms with van der Waals surface area (Å²) in [6.07, 6.45) is 0.720. The minimum Gasteiger partial charge on any atom is -0.493 e. The number of carbonyl (C=O) groups excluding carboxylic acids is 1. The quantitative estimate of drug-likeness (QED) is 0.470. The van der Waals surface area contributed by atoms with Crippen molar-refractivity contribution in [1.29, 1.82) is 0 Å². The molecular formula is C23H27ClO4. The van der Waals surface area contributed by atoms with Crippen LogP contribution in [0.25, 0.3) is 0 Å². The molecule has 0 saturated heterocycles. The summed E-state index contributed by atoms with van der Waals surface area (Å²) in [5.41, 5.74) is 1.93. The third kappa shape index (κ3) is 6.10. The Morgan fingerprint density at radius 3 is 2.46 bits per heavy atom. The van der Waals surface area contributed by atoms with Crippen LogP contribution in [0.15, 0.2) is 42.5 Å². The molecule has 0 aromatic heterocycles. The summed E-state index contributed by atoms with van der Waals surface area (Å²) in [6.45, 7) is 8.69. The van der Waals surface area contributed by atoms with Crippen LogP contribution in [0, 0.1) is 11.3 Å². The van der Waals surface area contributed by atoms with Crippen LogP contribution in [0.2, 0.25) is 5.02 Å². The van der Waals surface area contributed by atoms with Crippen LogP contribution in [-0.2, 0) is 17.6 Å². The van der Waals surface area contributed by atoms with Crippen molar-refractivity contribution in [2.75, 3.05) is 6.61 Å².